The second kappa shape index (κ2) is 5.04. The number of fused-ring (bicyclic) bond motifs is 1. The van der Waals surface area contributed by atoms with Gasteiger partial charge in [-0.2, -0.15) is 0 Å². The molecule has 0 saturated heterocycles. The van der Waals surface area contributed by atoms with Crippen molar-refractivity contribution in [3.05, 3.63) is 36.0 Å². The van der Waals surface area contributed by atoms with E-state index in [0.29, 0.717) is 13.1 Å². The first-order valence-electron chi connectivity index (χ1n) is 6.09. The lowest BCUT2D eigenvalue weighted by atomic mass is 10.1. The molecule has 0 spiro atoms. The van der Waals surface area contributed by atoms with Gasteiger partial charge in [-0.25, -0.2) is 0 Å². The van der Waals surface area contributed by atoms with Gasteiger partial charge >= 0.3 is 0 Å². The summed E-state index contributed by atoms with van der Waals surface area (Å²) in [5, 5.41) is 4.03. The number of nitrogens with zero attached hydrogens (tertiary/aromatic N) is 1. The van der Waals surface area contributed by atoms with Crippen LogP contribution in [-0.4, -0.2) is 17.0 Å². The Morgan fingerprint density at radius 1 is 1.29 bits per heavy atom. The van der Waals surface area contributed by atoms with Crippen LogP contribution in [0.15, 0.2) is 30.5 Å². The molecule has 0 aliphatic carbocycles. The fraction of sp³-hybridized carbons (Fsp3) is 0.357. The second-order valence-electron chi connectivity index (χ2n) is 4.11. The fourth-order valence-corrected chi connectivity index (χ4v) is 2.17. The van der Waals surface area contributed by atoms with Crippen molar-refractivity contribution in [1.82, 2.24) is 9.88 Å². The van der Waals surface area contributed by atoms with Gasteiger partial charge in [0.2, 0.25) is 5.91 Å². The highest BCUT2D eigenvalue weighted by Crippen LogP contribution is 2.20. The lowest BCUT2D eigenvalue weighted by Gasteiger charge is -2.08. The normalized spacial score (nSPS) is 10.7. The van der Waals surface area contributed by atoms with E-state index in [1.165, 1.54) is 16.5 Å². The maximum Gasteiger partial charge on any atom is 0.239 e. The summed E-state index contributed by atoms with van der Waals surface area (Å²) in [4.78, 5) is 11.6. The van der Waals surface area contributed by atoms with Crippen molar-refractivity contribution in [2.24, 2.45) is 0 Å². The van der Waals surface area contributed by atoms with Crippen LogP contribution in [0.3, 0.4) is 0 Å². The minimum absolute atomic E-state index is 0.0657. The van der Waals surface area contributed by atoms with Crippen LogP contribution in [0.1, 0.15) is 19.4 Å². The predicted octanol–water partition coefficient (Wildman–Crippen LogP) is 2.34. The van der Waals surface area contributed by atoms with E-state index in [4.69, 9.17) is 0 Å². The van der Waals surface area contributed by atoms with E-state index in [0.717, 1.165) is 6.42 Å². The molecule has 17 heavy (non-hydrogen) atoms. The zero-order chi connectivity index (χ0) is 12.3. The number of likely N-dealkylation sites (N-methyl/N-ethyl adjacent to an activating group) is 1. The molecule has 0 saturated carbocycles. The molecule has 1 aromatic heterocycles. The second-order valence-corrected chi connectivity index (χ2v) is 4.11. The van der Waals surface area contributed by atoms with Gasteiger partial charge < -0.3 is 9.88 Å². The zero-order valence-corrected chi connectivity index (χ0v) is 10.4. The van der Waals surface area contributed by atoms with Crippen LogP contribution in [0.5, 0.6) is 0 Å². The van der Waals surface area contributed by atoms with Crippen LogP contribution in [0, 0.1) is 0 Å². The largest absolute Gasteiger partial charge is 0.355 e. The maximum atomic E-state index is 11.6. The number of nitrogens with one attached hydrogen (secondary N) is 1. The predicted molar refractivity (Wildman–Crippen MR) is 70.0 cm³/mol. The molecule has 0 aliphatic rings. The van der Waals surface area contributed by atoms with Crippen LogP contribution in [0.25, 0.3) is 10.9 Å². The van der Waals surface area contributed by atoms with E-state index in [-0.39, 0.29) is 5.91 Å². The van der Waals surface area contributed by atoms with Crippen molar-refractivity contribution in [3.63, 3.8) is 0 Å². The Balaban J connectivity index is 2.37. The van der Waals surface area contributed by atoms with Crippen molar-refractivity contribution in [1.29, 1.82) is 0 Å². The Labute approximate surface area is 101 Å². The number of carbonyl (C=O) groups excluding carboxylic acids is 1. The molecule has 0 aliphatic heterocycles. The Hall–Kier alpha value is -1.77. The van der Waals surface area contributed by atoms with Crippen LogP contribution >= 0.6 is 0 Å². The van der Waals surface area contributed by atoms with E-state index in [2.05, 4.69) is 36.5 Å². The standard InChI is InChI=1S/C14H18N2O/c1-3-11-6-5-7-12-8-9-16(14(11)12)10-13(17)15-4-2/h5-9H,3-4,10H2,1-2H3,(H,15,17). The third kappa shape index (κ3) is 2.33. The fourth-order valence-electron chi connectivity index (χ4n) is 2.17. The third-order valence-electron chi connectivity index (χ3n) is 2.94. The van der Waals surface area contributed by atoms with Gasteiger partial charge in [-0.1, -0.05) is 25.1 Å². The molecule has 1 amide bonds. The highest BCUT2D eigenvalue weighted by atomic mass is 16.1. The van der Waals surface area contributed by atoms with Crippen molar-refractivity contribution in [2.75, 3.05) is 6.54 Å². The van der Waals surface area contributed by atoms with Crippen LogP contribution in [0.2, 0.25) is 0 Å². The number of aryl methyl sites for hydroxylation is 1. The molecule has 0 radical (unpaired) electrons. The summed E-state index contributed by atoms with van der Waals surface area (Å²) in [6.07, 6.45) is 2.97. The van der Waals surface area contributed by atoms with Crippen molar-refractivity contribution >= 4 is 16.8 Å². The topological polar surface area (TPSA) is 34.0 Å². The molecule has 90 valence electrons. The Kier molecular flexibility index (Phi) is 3.47. The van der Waals surface area contributed by atoms with E-state index in [1.54, 1.807) is 0 Å². The summed E-state index contributed by atoms with van der Waals surface area (Å²) < 4.78 is 2.03. The van der Waals surface area contributed by atoms with Crippen molar-refractivity contribution < 1.29 is 4.79 Å². The smallest absolute Gasteiger partial charge is 0.239 e. The quantitative estimate of drug-likeness (QED) is 0.859. The average Bonchev–Trinajstić information content (AvgIpc) is 2.73. The van der Waals surface area contributed by atoms with E-state index in [9.17, 15) is 4.79 Å². The molecule has 0 bridgehead atoms. The summed E-state index contributed by atoms with van der Waals surface area (Å²) in [5.74, 6) is 0.0657. The maximum absolute atomic E-state index is 11.6. The van der Waals surface area contributed by atoms with Gasteiger partial charge in [0.25, 0.3) is 0 Å². The first kappa shape index (κ1) is 11.7. The SMILES string of the molecule is CCNC(=O)Cn1ccc2cccc(CC)c21. The van der Waals surface area contributed by atoms with Crippen molar-refractivity contribution in [2.45, 2.75) is 26.8 Å². The van der Waals surface area contributed by atoms with Gasteiger partial charge in [0.05, 0.1) is 5.52 Å². The molecule has 0 fully saturated rings. The van der Waals surface area contributed by atoms with Gasteiger partial charge in [-0.05, 0) is 30.4 Å². The molecule has 0 unspecified atom stereocenters. The average molecular weight is 230 g/mol. The number of rotatable bonds is 4. The summed E-state index contributed by atoms with van der Waals surface area (Å²) in [6.45, 7) is 5.15. The third-order valence-corrected chi connectivity index (χ3v) is 2.94. The number of aromatic nitrogens is 1. The van der Waals surface area contributed by atoms with Crippen molar-refractivity contribution in [3.8, 4) is 0 Å². The minimum Gasteiger partial charge on any atom is -0.355 e. The Morgan fingerprint density at radius 3 is 2.82 bits per heavy atom. The number of para-hydroxylation sites is 1. The first-order chi connectivity index (χ1) is 8.26. The lowest BCUT2D eigenvalue weighted by molar-refractivity contribution is -0.121. The number of carbonyl (C=O) groups is 1. The molecule has 3 nitrogen and oxygen atoms in total. The van der Waals surface area contributed by atoms with Crippen LogP contribution in [-0.2, 0) is 17.8 Å². The molecule has 3 heteroatoms. The molecule has 1 heterocycles. The van der Waals surface area contributed by atoms with E-state index >= 15 is 0 Å². The summed E-state index contributed by atoms with van der Waals surface area (Å²) in [7, 11) is 0. The Morgan fingerprint density at radius 2 is 2.12 bits per heavy atom. The summed E-state index contributed by atoms with van der Waals surface area (Å²) >= 11 is 0. The minimum atomic E-state index is 0.0657. The number of hydrogen-bond donors (Lipinski definition) is 1. The number of benzene rings is 1. The van der Waals surface area contributed by atoms with Gasteiger partial charge in [0.15, 0.2) is 0 Å². The lowest BCUT2D eigenvalue weighted by Crippen LogP contribution is -2.26. The monoisotopic (exact) mass is 230 g/mol. The van der Waals surface area contributed by atoms with E-state index in [1.807, 2.05) is 17.7 Å². The molecular formula is C14H18N2O. The summed E-state index contributed by atoms with van der Waals surface area (Å²) in [6, 6.07) is 8.34. The highest BCUT2D eigenvalue weighted by Gasteiger charge is 2.07. The summed E-state index contributed by atoms with van der Waals surface area (Å²) in [5.41, 5.74) is 2.47. The first-order valence-corrected chi connectivity index (χ1v) is 6.09. The number of hydrogen-bond acceptors (Lipinski definition) is 1. The van der Waals surface area contributed by atoms with Gasteiger partial charge in [-0.3, -0.25) is 4.79 Å². The van der Waals surface area contributed by atoms with E-state index < -0.39 is 0 Å². The zero-order valence-electron chi connectivity index (χ0n) is 10.4. The molecule has 1 aromatic carbocycles. The van der Waals surface area contributed by atoms with Gasteiger partial charge in [0.1, 0.15) is 6.54 Å². The molecule has 1 N–H and O–H groups in total. The van der Waals surface area contributed by atoms with Crippen LogP contribution < -0.4 is 5.32 Å². The Bertz CT molecular complexity index is 528. The molecule has 2 rings (SSSR count). The molecule has 2 aromatic rings. The highest BCUT2D eigenvalue weighted by molar-refractivity contribution is 5.85. The van der Waals surface area contributed by atoms with Crippen LogP contribution in [0.4, 0.5) is 0 Å². The van der Waals surface area contributed by atoms with Gasteiger partial charge in [-0.15, -0.1) is 0 Å². The number of amides is 1. The molecular weight excluding hydrogens is 212 g/mol. The van der Waals surface area contributed by atoms with Gasteiger partial charge in [0, 0.05) is 12.7 Å². The molecule has 0 atom stereocenters.